The number of amides is 3. The van der Waals surface area contributed by atoms with Crippen molar-refractivity contribution >= 4 is 35.4 Å². The largest absolute Gasteiger partial charge is 0.488 e. The topological polar surface area (TPSA) is 218 Å². The van der Waals surface area contributed by atoms with E-state index in [9.17, 15) is 55.1 Å². The second-order valence-electron chi connectivity index (χ2n) is 14.1. The molecule has 3 amide bonds. The maximum absolute atomic E-state index is 13.6. The maximum atomic E-state index is 13.6. The van der Waals surface area contributed by atoms with Gasteiger partial charge in [-0.2, -0.15) is 26.3 Å². The van der Waals surface area contributed by atoms with E-state index in [4.69, 9.17) is 25.7 Å². The fourth-order valence-electron chi connectivity index (χ4n) is 4.39. The smallest absolute Gasteiger partial charge is 0.458 e. The summed E-state index contributed by atoms with van der Waals surface area (Å²) in [5.74, 6) is -7.87. The predicted octanol–water partition coefficient (Wildman–Crippen LogP) is 3.95. The lowest BCUT2D eigenvalue weighted by atomic mass is 10.0. The van der Waals surface area contributed by atoms with E-state index in [0.717, 1.165) is 5.56 Å². The number of hydrogen-bond acceptors (Lipinski definition) is 11. The highest BCUT2D eigenvalue weighted by molar-refractivity contribution is 6.41. The number of nitrogens with one attached hydrogen (secondary N) is 3. The van der Waals surface area contributed by atoms with Crippen LogP contribution < -0.4 is 32.2 Å². The average molecular weight is 802 g/mol. The first kappa shape index (κ1) is 50.5. The minimum Gasteiger partial charge on any atom is -0.488 e. The number of benzene rings is 1. The van der Waals surface area contributed by atoms with Crippen molar-refractivity contribution in [1.29, 1.82) is 0 Å². The number of nitrogens with two attached hydrogens (primary N) is 2. The first-order valence-electron chi connectivity index (χ1n) is 17.2. The van der Waals surface area contributed by atoms with Crippen LogP contribution in [0.15, 0.2) is 24.3 Å². The Morgan fingerprint density at radius 2 is 1.07 bits per heavy atom. The zero-order valence-corrected chi connectivity index (χ0v) is 32.0. The molecule has 0 bridgehead atoms. The van der Waals surface area contributed by atoms with Gasteiger partial charge in [0.1, 0.15) is 35.1 Å². The number of halogens is 6. The minimum atomic E-state index is -5.77. The molecule has 0 heterocycles. The molecule has 1 aromatic carbocycles. The predicted molar refractivity (Wildman–Crippen MR) is 187 cm³/mol. The Morgan fingerprint density at radius 1 is 0.636 bits per heavy atom. The quantitative estimate of drug-likeness (QED) is 0.0620. The van der Waals surface area contributed by atoms with Crippen LogP contribution in [0.4, 0.5) is 31.1 Å². The lowest BCUT2D eigenvalue weighted by Gasteiger charge is -2.26. The molecule has 7 N–H and O–H groups in total. The van der Waals surface area contributed by atoms with E-state index in [0.29, 0.717) is 57.4 Å². The minimum absolute atomic E-state index is 0.117. The molecule has 3 atom stereocenters. The fourth-order valence-corrected chi connectivity index (χ4v) is 4.39. The van der Waals surface area contributed by atoms with Crippen molar-refractivity contribution in [2.45, 2.75) is 128 Å². The number of carbonyl (C=O) groups excluding carboxylic acids is 6. The van der Waals surface area contributed by atoms with E-state index in [1.165, 1.54) is 7.11 Å². The van der Waals surface area contributed by atoms with Gasteiger partial charge in [0.15, 0.2) is 0 Å². The molecule has 20 heteroatoms. The third-order valence-electron chi connectivity index (χ3n) is 6.84. The van der Waals surface area contributed by atoms with Crippen LogP contribution in [0.2, 0.25) is 0 Å². The second kappa shape index (κ2) is 22.8. The zero-order valence-electron chi connectivity index (χ0n) is 32.0. The van der Waals surface area contributed by atoms with Gasteiger partial charge < -0.3 is 41.6 Å². The average Bonchev–Trinajstić information content (AvgIpc) is 3.04. The summed E-state index contributed by atoms with van der Waals surface area (Å²) in [6.07, 6.45) is -9.06. The van der Waals surface area contributed by atoms with Gasteiger partial charge in [-0.05, 0) is 111 Å². The lowest BCUT2D eigenvalue weighted by Crippen LogP contribution is -2.56. The van der Waals surface area contributed by atoms with Crippen LogP contribution in [0.5, 0.6) is 5.75 Å². The molecule has 1 rings (SSSR count). The highest BCUT2D eigenvalue weighted by Gasteiger charge is 2.54. The first-order chi connectivity index (χ1) is 25.1. The second-order valence-corrected chi connectivity index (χ2v) is 14.1. The van der Waals surface area contributed by atoms with Crippen LogP contribution >= 0.6 is 0 Å². The number of methoxy groups -OCH3 is 1. The number of ketones is 2. The first-order valence-corrected chi connectivity index (χ1v) is 17.2. The Morgan fingerprint density at radius 3 is 1.47 bits per heavy atom. The molecule has 1 aromatic rings. The van der Waals surface area contributed by atoms with Gasteiger partial charge in [-0.15, -0.1) is 0 Å². The number of unbranched alkanes of at least 4 members (excludes halogenated alkanes) is 2. The molecule has 55 heavy (non-hydrogen) atoms. The van der Waals surface area contributed by atoms with Gasteiger partial charge in [0.2, 0.25) is 11.8 Å². The van der Waals surface area contributed by atoms with E-state index in [1.807, 2.05) is 32.9 Å². The van der Waals surface area contributed by atoms with Crippen LogP contribution in [-0.2, 0) is 39.9 Å². The normalized spacial score (nSPS) is 13.5. The number of carbonyl (C=O) groups is 6. The van der Waals surface area contributed by atoms with Gasteiger partial charge in [-0.1, -0.05) is 12.1 Å². The summed E-state index contributed by atoms with van der Waals surface area (Å²) in [4.78, 5) is 71.3. The van der Waals surface area contributed by atoms with Crippen molar-refractivity contribution in [3.8, 4) is 5.75 Å². The van der Waals surface area contributed by atoms with Gasteiger partial charge in [0.25, 0.3) is 0 Å². The third kappa shape index (κ3) is 21.9. The Kier molecular flexibility index (Phi) is 21.0. The summed E-state index contributed by atoms with van der Waals surface area (Å²) >= 11 is 0. The van der Waals surface area contributed by atoms with Gasteiger partial charge in [-0.3, -0.25) is 19.2 Å². The van der Waals surface area contributed by atoms with E-state index >= 15 is 0 Å². The van der Waals surface area contributed by atoms with Crippen molar-refractivity contribution < 1.29 is 69.3 Å². The molecule has 0 fully saturated rings. The van der Waals surface area contributed by atoms with Gasteiger partial charge in [0.05, 0.1) is 7.11 Å². The maximum Gasteiger partial charge on any atom is 0.458 e. The zero-order chi connectivity index (χ0) is 42.8. The van der Waals surface area contributed by atoms with Crippen molar-refractivity contribution in [3.05, 3.63) is 29.8 Å². The summed E-state index contributed by atoms with van der Waals surface area (Å²) in [5, 5.41) is 8.15. The number of rotatable bonds is 18. The van der Waals surface area contributed by atoms with E-state index < -0.39 is 71.5 Å². The molecule has 0 saturated heterocycles. The van der Waals surface area contributed by atoms with Crippen molar-refractivity contribution in [2.24, 2.45) is 11.5 Å². The van der Waals surface area contributed by atoms with Crippen LogP contribution in [0, 0.1) is 0 Å². The van der Waals surface area contributed by atoms with Crippen molar-refractivity contribution in [3.63, 3.8) is 0 Å². The van der Waals surface area contributed by atoms with Gasteiger partial charge in [0, 0.05) is 6.42 Å². The molecule has 14 nitrogen and oxygen atoms in total. The third-order valence-corrected chi connectivity index (χ3v) is 6.84. The van der Waals surface area contributed by atoms with Crippen LogP contribution in [0.25, 0.3) is 0 Å². The highest BCUT2D eigenvalue weighted by Crippen LogP contribution is 2.24. The van der Waals surface area contributed by atoms with Crippen LogP contribution in [0.1, 0.15) is 85.6 Å². The molecule has 0 aromatic heterocycles. The molecule has 0 aliphatic carbocycles. The van der Waals surface area contributed by atoms with Crippen molar-refractivity contribution in [2.75, 3.05) is 20.2 Å². The monoisotopic (exact) mass is 801 g/mol. The Balaban J connectivity index is 0.00000207. The number of Topliss-reactive ketones (excluding diaryl/α,β-unsaturated/α-hetero) is 2. The number of ether oxygens (including phenoxy) is 3. The molecule has 1 unspecified atom stereocenters. The number of esters is 1. The van der Waals surface area contributed by atoms with Crippen LogP contribution in [-0.4, -0.2) is 97.3 Å². The highest BCUT2D eigenvalue weighted by atomic mass is 19.4. The van der Waals surface area contributed by atoms with E-state index in [2.05, 4.69) is 16.0 Å². The van der Waals surface area contributed by atoms with E-state index in [-0.39, 0.29) is 12.0 Å². The van der Waals surface area contributed by atoms with Crippen LogP contribution in [0.3, 0.4) is 0 Å². The molecule has 314 valence electrons. The molecule has 0 aliphatic heterocycles. The summed E-state index contributed by atoms with van der Waals surface area (Å²) in [7, 11) is 1.25. The number of hydrogen-bond donors (Lipinski definition) is 5. The SMILES string of the molecule is COC(=O)[C@H](CCCCN)NC(=O)C(Cc1ccc(OC(C)(C)C)cc1)NC(=O)[C@H](CCCCN)NC(=O)OC(C)(C)C.O=C(C(=O)C(F)(F)F)C(F)(F)F. The summed E-state index contributed by atoms with van der Waals surface area (Å²) in [6, 6.07) is 4.25. The summed E-state index contributed by atoms with van der Waals surface area (Å²) < 4.78 is 83.1. The lowest BCUT2D eigenvalue weighted by molar-refractivity contribution is -0.193. The summed E-state index contributed by atoms with van der Waals surface area (Å²) in [5.41, 5.74) is 10.8. The Labute approximate surface area is 316 Å². The van der Waals surface area contributed by atoms with E-state index in [1.54, 1.807) is 32.9 Å². The molecule has 0 spiro atoms. The Bertz CT molecular complexity index is 1390. The number of alkyl halides is 6. The molecule has 0 aliphatic rings. The van der Waals surface area contributed by atoms with Crippen molar-refractivity contribution in [1.82, 2.24) is 16.0 Å². The molecular formula is C35H53F6N5O9. The van der Waals surface area contributed by atoms with Gasteiger partial charge in [-0.25, -0.2) is 9.59 Å². The van der Waals surface area contributed by atoms with Gasteiger partial charge >= 0.3 is 36.0 Å². The fraction of sp³-hybridized carbons (Fsp3) is 0.657. The molecule has 0 radical (unpaired) electrons. The standard InChI is InChI=1S/C31H53N5O7.C4F6O2/c1-30(2,3)42-22-16-14-21(15-17-22)20-25(27(38)34-24(28(39)41-7)13-9-11-19-33)35-26(37)23(12-8-10-18-32)36-29(40)43-31(4,5)6;5-3(6,7)1(11)2(12)4(8,9)10/h14-17,23-25H,8-13,18-20,32-33H2,1-7H3,(H,34,38)(H,35,37)(H,36,40);/t23-,24-,25?;/m0./s1. The summed E-state index contributed by atoms with van der Waals surface area (Å²) in [6.45, 7) is 11.9. The number of alkyl carbamates (subject to hydrolysis) is 1. The molecular weight excluding hydrogens is 748 g/mol. The molecule has 0 saturated carbocycles. The Hall–Kier alpha value is -4.46.